The maximum Gasteiger partial charge on any atom is 0.247 e. The van der Waals surface area contributed by atoms with Crippen LogP contribution in [0.15, 0.2) is 39.9 Å². The number of nitrogens with two attached hydrogens (primary N) is 1. The molecule has 0 saturated carbocycles. The number of rotatable bonds is 2. The fraction of sp³-hybridized carbons (Fsp3) is 0.0909. The number of thiophene rings is 1. The van der Waals surface area contributed by atoms with Gasteiger partial charge in [-0.3, -0.25) is 0 Å². The molecule has 0 aliphatic rings. The van der Waals surface area contributed by atoms with E-state index in [0.29, 0.717) is 0 Å². The van der Waals surface area contributed by atoms with E-state index in [0.717, 1.165) is 28.0 Å². The zero-order valence-corrected chi connectivity index (χ0v) is 10.3. The molecular formula is C11H11NO2S2. The van der Waals surface area contributed by atoms with Crippen molar-refractivity contribution in [3.63, 3.8) is 0 Å². The fourth-order valence-electron chi connectivity index (χ4n) is 1.58. The molecule has 0 fully saturated rings. The van der Waals surface area contributed by atoms with Crippen LogP contribution in [0.4, 0.5) is 0 Å². The molecule has 1 aromatic heterocycles. The van der Waals surface area contributed by atoms with Gasteiger partial charge in [0.2, 0.25) is 10.0 Å². The first-order valence-corrected chi connectivity index (χ1v) is 7.09. The highest BCUT2D eigenvalue weighted by atomic mass is 32.2. The molecule has 0 radical (unpaired) electrons. The Balaban J connectivity index is 2.59. The fourth-order valence-corrected chi connectivity index (χ4v) is 3.62. The van der Waals surface area contributed by atoms with Crippen molar-refractivity contribution in [1.29, 1.82) is 0 Å². The lowest BCUT2D eigenvalue weighted by molar-refractivity contribution is 0.599. The van der Waals surface area contributed by atoms with E-state index < -0.39 is 10.0 Å². The highest BCUT2D eigenvalue weighted by molar-refractivity contribution is 7.91. The first-order chi connectivity index (χ1) is 7.50. The molecule has 84 valence electrons. The predicted octanol–water partition coefficient (Wildman–Crippen LogP) is 2.37. The molecule has 2 rings (SSSR count). The lowest BCUT2D eigenvalue weighted by atomic mass is 10.1. The lowest BCUT2D eigenvalue weighted by Gasteiger charge is -2.00. The van der Waals surface area contributed by atoms with Gasteiger partial charge in [0.05, 0.1) is 0 Å². The zero-order chi connectivity index (χ0) is 11.8. The van der Waals surface area contributed by atoms with Crippen molar-refractivity contribution in [3.05, 3.63) is 41.3 Å². The third-order valence-corrected chi connectivity index (χ3v) is 5.02. The van der Waals surface area contributed by atoms with Gasteiger partial charge in [-0.2, -0.15) is 0 Å². The van der Waals surface area contributed by atoms with Gasteiger partial charge in [-0.1, -0.05) is 30.3 Å². The first-order valence-electron chi connectivity index (χ1n) is 4.66. The van der Waals surface area contributed by atoms with Crippen LogP contribution >= 0.6 is 11.3 Å². The summed E-state index contributed by atoms with van der Waals surface area (Å²) in [7, 11) is -3.60. The Morgan fingerprint density at radius 3 is 2.31 bits per heavy atom. The summed E-state index contributed by atoms with van der Waals surface area (Å²) in [5, 5.41) is 6.96. The van der Waals surface area contributed by atoms with E-state index in [1.54, 1.807) is 6.92 Å². The summed E-state index contributed by atoms with van der Waals surface area (Å²) in [6.45, 7) is 1.78. The SMILES string of the molecule is Cc1c(-c2ccccc2)csc1S(N)(=O)=O. The van der Waals surface area contributed by atoms with Crippen molar-refractivity contribution >= 4 is 21.4 Å². The summed E-state index contributed by atoms with van der Waals surface area (Å²) in [6, 6.07) is 9.65. The molecule has 0 amide bonds. The molecule has 1 aromatic carbocycles. The number of benzene rings is 1. The van der Waals surface area contributed by atoms with E-state index >= 15 is 0 Å². The minimum atomic E-state index is -3.60. The Kier molecular flexibility index (Phi) is 2.84. The Morgan fingerprint density at radius 2 is 1.81 bits per heavy atom. The van der Waals surface area contributed by atoms with Crippen LogP contribution < -0.4 is 5.14 Å². The van der Waals surface area contributed by atoms with Crippen LogP contribution in [0.25, 0.3) is 11.1 Å². The van der Waals surface area contributed by atoms with Crippen LogP contribution in [-0.4, -0.2) is 8.42 Å². The van der Waals surface area contributed by atoms with Crippen LogP contribution in [0.5, 0.6) is 0 Å². The molecule has 2 N–H and O–H groups in total. The summed E-state index contributed by atoms with van der Waals surface area (Å²) in [5.74, 6) is 0. The van der Waals surface area contributed by atoms with Gasteiger partial charge in [-0.05, 0) is 23.6 Å². The standard InChI is InChI=1S/C11H11NO2S2/c1-8-10(9-5-3-2-4-6-9)7-15-11(8)16(12,13)14/h2-7H,1H3,(H2,12,13,14). The van der Waals surface area contributed by atoms with E-state index in [2.05, 4.69) is 0 Å². The van der Waals surface area contributed by atoms with Crippen LogP contribution in [-0.2, 0) is 10.0 Å². The van der Waals surface area contributed by atoms with Crippen LogP contribution in [0.2, 0.25) is 0 Å². The normalized spacial score (nSPS) is 11.6. The van der Waals surface area contributed by atoms with Crippen LogP contribution in [0, 0.1) is 6.92 Å². The highest BCUT2D eigenvalue weighted by Crippen LogP contribution is 2.32. The molecule has 2 aromatic rings. The number of hydrogen-bond donors (Lipinski definition) is 1. The van der Waals surface area contributed by atoms with Gasteiger partial charge < -0.3 is 0 Å². The molecule has 3 nitrogen and oxygen atoms in total. The van der Waals surface area contributed by atoms with Gasteiger partial charge in [0.1, 0.15) is 4.21 Å². The second-order valence-electron chi connectivity index (χ2n) is 3.47. The molecule has 1 heterocycles. The van der Waals surface area contributed by atoms with Crippen molar-refractivity contribution < 1.29 is 8.42 Å². The molecule has 5 heteroatoms. The van der Waals surface area contributed by atoms with Crippen LogP contribution in [0.3, 0.4) is 0 Å². The molecule has 0 atom stereocenters. The average Bonchev–Trinajstić information content (AvgIpc) is 2.61. The van der Waals surface area contributed by atoms with Crippen molar-refractivity contribution in [2.75, 3.05) is 0 Å². The maximum absolute atomic E-state index is 11.3. The summed E-state index contributed by atoms with van der Waals surface area (Å²) < 4.78 is 22.8. The van der Waals surface area contributed by atoms with E-state index in [-0.39, 0.29) is 4.21 Å². The summed E-state index contributed by atoms with van der Waals surface area (Å²) in [5.41, 5.74) is 2.65. The van der Waals surface area contributed by atoms with Gasteiger partial charge in [0.25, 0.3) is 0 Å². The molecule has 0 unspecified atom stereocenters. The minimum absolute atomic E-state index is 0.242. The van der Waals surface area contributed by atoms with Gasteiger partial charge in [-0.25, -0.2) is 13.6 Å². The smallest absolute Gasteiger partial charge is 0.224 e. The second kappa shape index (κ2) is 4.01. The highest BCUT2D eigenvalue weighted by Gasteiger charge is 2.17. The monoisotopic (exact) mass is 253 g/mol. The topological polar surface area (TPSA) is 60.2 Å². The second-order valence-corrected chi connectivity index (χ2v) is 6.11. The van der Waals surface area contributed by atoms with E-state index in [9.17, 15) is 8.42 Å². The summed E-state index contributed by atoms with van der Waals surface area (Å²) >= 11 is 1.16. The average molecular weight is 253 g/mol. The molecule has 0 bridgehead atoms. The van der Waals surface area contributed by atoms with Crippen LogP contribution in [0.1, 0.15) is 5.56 Å². The predicted molar refractivity (Wildman–Crippen MR) is 65.9 cm³/mol. The maximum atomic E-state index is 11.3. The summed E-state index contributed by atoms with van der Waals surface area (Å²) in [4.78, 5) is 0. The largest absolute Gasteiger partial charge is 0.247 e. The molecule has 0 aliphatic carbocycles. The zero-order valence-electron chi connectivity index (χ0n) is 8.67. The first kappa shape index (κ1) is 11.3. The van der Waals surface area contributed by atoms with Crippen molar-refractivity contribution in [3.8, 4) is 11.1 Å². The third-order valence-electron chi connectivity index (χ3n) is 2.34. The van der Waals surface area contributed by atoms with E-state index in [1.807, 2.05) is 35.7 Å². The third kappa shape index (κ3) is 2.02. The van der Waals surface area contributed by atoms with Crippen molar-refractivity contribution in [1.82, 2.24) is 0 Å². The van der Waals surface area contributed by atoms with Crippen molar-refractivity contribution in [2.24, 2.45) is 5.14 Å². The van der Waals surface area contributed by atoms with Gasteiger partial charge in [0, 0.05) is 5.38 Å². The Morgan fingerprint density at radius 1 is 1.19 bits per heavy atom. The Hall–Kier alpha value is -1.17. The Bertz CT molecular complexity index is 600. The Labute approximate surface area is 98.6 Å². The quantitative estimate of drug-likeness (QED) is 0.893. The van der Waals surface area contributed by atoms with E-state index in [4.69, 9.17) is 5.14 Å². The van der Waals surface area contributed by atoms with E-state index in [1.165, 1.54) is 0 Å². The number of hydrogen-bond acceptors (Lipinski definition) is 3. The molecule has 0 spiro atoms. The number of sulfonamides is 1. The van der Waals surface area contributed by atoms with Crippen molar-refractivity contribution in [2.45, 2.75) is 11.1 Å². The van der Waals surface area contributed by atoms with Gasteiger partial charge in [0.15, 0.2) is 0 Å². The molecule has 0 saturated heterocycles. The number of primary sulfonamides is 1. The molecule has 0 aliphatic heterocycles. The molecular weight excluding hydrogens is 242 g/mol. The lowest BCUT2D eigenvalue weighted by Crippen LogP contribution is -2.11. The minimum Gasteiger partial charge on any atom is -0.224 e. The summed E-state index contributed by atoms with van der Waals surface area (Å²) in [6.07, 6.45) is 0. The van der Waals surface area contributed by atoms with Gasteiger partial charge in [-0.15, -0.1) is 11.3 Å². The molecule has 16 heavy (non-hydrogen) atoms. The van der Waals surface area contributed by atoms with Gasteiger partial charge >= 0.3 is 0 Å².